The van der Waals surface area contributed by atoms with Gasteiger partial charge in [0.05, 0.1) is 22.5 Å². The molecule has 118 valence electrons. The Labute approximate surface area is 134 Å². The van der Waals surface area contributed by atoms with Gasteiger partial charge in [0.15, 0.2) is 0 Å². The van der Waals surface area contributed by atoms with Crippen LogP contribution in [0, 0.1) is 0 Å². The predicted octanol–water partition coefficient (Wildman–Crippen LogP) is 2.68. The van der Waals surface area contributed by atoms with Crippen molar-refractivity contribution in [1.29, 1.82) is 0 Å². The van der Waals surface area contributed by atoms with Gasteiger partial charge in [-0.3, -0.25) is 0 Å². The van der Waals surface area contributed by atoms with Crippen molar-refractivity contribution in [2.24, 2.45) is 9.98 Å². The second-order valence-electron chi connectivity index (χ2n) is 4.48. The molecule has 0 aliphatic carbocycles. The smallest absolute Gasteiger partial charge is 0.337 e. The number of hydrogen-bond donors (Lipinski definition) is 2. The highest BCUT2D eigenvalue weighted by Gasteiger charge is 2.15. The van der Waals surface area contributed by atoms with E-state index in [2.05, 4.69) is 9.98 Å². The predicted molar refractivity (Wildman–Crippen MR) is 81.4 cm³/mol. The number of benzene rings is 2. The molecule has 8 heteroatoms. The summed E-state index contributed by atoms with van der Waals surface area (Å²) < 4.78 is 0. The van der Waals surface area contributed by atoms with E-state index < -0.39 is 11.9 Å². The van der Waals surface area contributed by atoms with E-state index in [1.807, 2.05) is 0 Å². The van der Waals surface area contributed by atoms with Gasteiger partial charge in [0.1, 0.15) is 0 Å². The molecular weight excluding hydrogens is 316 g/mol. The largest absolute Gasteiger partial charge is 0.478 e. The summed E-state index contributed by atoms with van der Waals surface area (Å²) in [6, 6.07) is 8.08. The van der Waals surface area contributed by atoms with E-state index in [4.69, 9.17) is 0 Å². The molecule has 2 N–H and O–H groups in total. The molecule has 24 heavy (non-hydrogen) atoms. The minimum Gasteiger partial charge on any atom is -0.478 e. The Bertz CT molecular complexity index is 860. The van der Waals surface area contributed by atoms with Crippen LogP contribution in [0.3, 0.4) is 0 Å². The second-order valence-corrected chi connectivity index (χ2v) is 4.48. The van der Waals surface area contributed by atoms with Crippen LogP contribution in [0.15, 0.2) is 46.4 Å². The topological polar surface area (TPSA) is 133 Å². The Morgan fingerprint density at radius 2 is 1.12 bits per heavy atom. The molecule has 2 aromatic rings. The van der Waals surface area contributed by atoms with Gasteiger partial charge in [-0.25, -0.2) is 19.2 Å². The Morgan fingerprint density at radius 3 is 1.42 bits per heavy atom. The molecule has 2 aromatic carbocycles. The molecular formula is C16H8N2O6. The fourth-order valence-electron chi connectivity index (χ4n) is 2.07. The lowest BCUT2D eigenvalue weighted by Gasteiger charge is -2.07. The lowest BCUT2D eigenvalue weighted by Crippen LogP contribution is -1.99. The van der Waals surface area contributed by atoms with Gasteiger partial charge in [-0.15, -0.1) is 0 Å². The molecule has 0 aliphatic rings. The van der Waals surface area contributed by atoms with E-state index in [0.29, 0.717) is 11.1 Å². The van der Waals surface area contributed by atoms with Gasteiger partial charge < -0.3 is 10.2 Å². The SMILES string of the molecule is O=C=Nc1ccc(-c2ccc(N=C=O)c(C(=O)O)c2)cc1C(=O)O. The van der Waals surface area contributed by atoms with Crippen molar-refractivity contribution in [3.63, 3.8) is 0 Å². The second kappa shape index (κ2) is 6.93. The molecule has 0 fully saturated rings. The Morgan fingerprint density at radius 1 is 0.750 bits per heavy atom. The summed E-state index contributed by atoms with van der Waals surface area (Å²) in [7, 11) is 0. The van der Waals surface area contributed by atoms with Gasteiger partial charge in [-0.05, 0) is 35.4 Å². The van der Waals surface area contributed by atoms with E-state index in [-0.39, 0.29) is 22.5 Å². The highest BCUT2D eigenvalue weighted by Crippen LogP contribution is 2.30. The van der Waals surface area contributed by atoms with Gasteiger partial charge in [0.2, 0.25) is 12.2 Å². The minimum absolute atomic E-state index is 0.0677. The maximum atomic E-state index is 11.3. The molecule has 0 unspecified atom stereocenters. The van der Waals surface area contributed by atoms with Crippen LogP contribution < -0.4 is 0 Å². The summed E-state index contributed by atoms with van der Waals surface area (Å²) in [4.78, 5) is 49.8. The van der Waals surface area contributed by atoms with Gasteiger partial charge in [-0.1, -0.05) is 12.1 Å². The van der Waals surface area contributed by atoms with Crippen LogP contribution in [-0.2, 0) is 9.59 Å². The van der Waals surface area contributed by atoms with Gasteiger partial charge in [0, 0.05) is 0 Å². The van der Waals surface area contributed by atoms with Crippen molar-refractivity contribution in [2.75, 3.05) is 0 Å². The van der Waals surface area contributed by atoms with Crippen LogP contribution >= 0.6 is 0 Å². The number of nitrogens with zero attached hydrogens (tertiary/aromatic N) is 2. The zero-order valence-corrected chi connectivity index (χ0v) is 11.9. The van der Waals surface area contributed by atoms with Crippen molar-refractivity contribution >= 4 is 35.5 Å². The highest BCUT2D eigenvalue weighted by molar-refractivity contribution is 5.97. The quantitative estimate of drug-likeness (QED) is 0.641. The molecule has 0 amide bonds. The Balaban J connectivity index is 2.64. The number of carbonyl (C=O) groups excluding carboxylic acids is 2. The number of carboxylic acids is 2. The molecule has 0 heterocycles. The first-order valence-electron chi connectivity index (χ1n) is 6.38. The first kappa shape index (κ1) is 16.5. The van der Waals surface area contributed by atoms with Gasteiger partial charge in [0.25, 0.3) is 0 Å². The number of isocyanates is 2. The van der Waals surface area contributed by atoms with E-state index in [1.165, 1.54) is 48.6 Å². The molecule has 8 nitrogen and oxygen atoms in total. The van der Waals surface area contributed by atoms with E-state index >= 15 is 0 Å². The summed E-state index contributed by atoms with van der Waals surface area (Å²) in [5.41, 5.74) is 0.178. The molecule has 0 saturated heterocycles. The fraction of sp³-hybridized carbons (Fsp3) is 0. The highest BCUT2D eigenvalue weighted by atomic mass is 16.4. The van der Waals surface area contributed by atoms with E-state index in [9.17, 15) is 29.4 Å². The maximum absolute atomic E-state index is 11.3. The number of aromatic carboxylic acids is 2. The third-order valence-electron chi connectivity index (χ3n) is 3.12. The van der Waals surface area contributed by atoms with Crippen LogP contribution in [0.4, 0.5) is 11.4 Å². The molecule has 0 atom stereocenters. The molecule has 0 spiro atoms. The average Bonchev–Trinajstić information content (AvgIpc) is 2.55. The van der Waals surface area contributed by atoms with Crippen molar-refractivity contribution < 1.29 is 29.4 Å². The number of rotatable bonds is 5. The van der Waals surface area contributed by atoms with Crippen LogP contribution in [0.5, 0.6) is 0 Å². The van der Waals surface area contributed by atoms with E-state index in [0.717, 1.165) is 0 Å². The van der Waals surface area contributed by atoms with Gasteiger partial charge in [-0.2, -0.15) is 9.98 Å². The molecule has 2 rings (SSSR count). The summed E-state index contributed by atoms with van der Waals surface area (Å²) in [5, 5.41) is 18.4. The molecule has 0 saturated carbocycles. The lowest BCUT2D eigenvalue weighted by atomic mass is 9.99. The first-order valence-corrected chi connectivity index (χ1v) is 6.38. The van der Waals surface area contributed by atoms with Crippen LogP contribution in [0.2, 0.25) is 0 Å². The minimum atomic E-state index is -1.30. The Kier molecular flexibility index (Phi) is 4.77. The third-order valence-corrected chi connectivity index (χ3v) is 3.12. The fourth-order valence-corrected chi connectivity index (χ4v) is 2.07. The van der Waals surface area contributed by atoms with Crippen molar-refractivity contribution in [3.05, 3.63) is 47.5 Å². The maximum Gasteiger partial charge on any atom is 0.337 e. The Hall–Kier alpha value is -3.86. The normalized spacial score (nSPS) is 9.50. The number of hydrogen-bond acceptors (Lipinski definition) is 6. The van der Waals surface area contributed by atoms with E-state index in [1.54, 1.807) is 0 Å². The van der Waals surface area contributed by atoms with Crippen LogP contribution in [-0.4, -0.2) is 34.3 Å². The average molecular weight is 324 g/mol. The van der Waals surface area contributed by atoms with Crippen LogP contribution in [0.1, 0.15) is 20.7 Å². The molecule has 0 aliphatic heterocycles. The van der Waals surface area contributed by atoms with Crippen LogP contribution in [0.25, 0.3) is 11.1 Å². The number of aliphatic imine (C=N–C) groups is 2. The van der Waals surface area contributed by atoms with Crippen molar-refractivity contribution in [2.45, 2.75) is 0 Å². The standard InChI is InChI=1S/C16H8N2O6/c19-7-17-13-3-1-9(5-11(13)15(21)22)10-2-4-14(18-8-20)12(6-10)16(23)24/h1-6H,(H,21,22)(H,23,24). The van der Waals surface area contributed by atoms with Crippen molar-refractivity contribution in [3.8, 4) is 11.1 Å². The molecule has 0 radical (unpaired) electrons. The summed E-state index contributed by atoms with van der Waals surface area (Å²) in [5.74, 6) is -2.60. The monoisotopic (exact) mass is 324 g/mol. The van der Waals surface area contributed by atoms with Gasteiger partial charge >= 0.3 is 11.9 Å². The molecule has 0 aromatic heterocycles. The number of carboxylic acid groups (broad SMARTS) is 2. The zero-order valence-electron chi connectivity index (χ0n) is 11.9. The molecule has 0 bridgehead atoms. The first-order chi connectivity index (χ1) is 11.5. The zero-order chi connectivity index (χ0) is 17.7. The lowest BCUT2D eigenvalue weighted by molar-refractivity contribution is 0.0686. The third kappa shape index (κ3) is 3.31. The van der Waals surface area contributed by atoms with Crippen molar-refractivity contribution in [1.82, 2.24) is 0 Å². The summed E-state index contributed by atoms with van der Waals surface area (Å²) >= 11 is 0. The summed E-state index contributed by atoms with van der Waals surface area (Å²) in [6.45, 7) is 0. The number of carbonyl (C=O) groups is 2. The summed E-state index contributed by atoms with van der Waals surface area (Å²) in [6.07, 6.45) is 2.54.